The minimum atomic E-state index is -2.54. The lowest BCUT2D eigenvalue weighted by atomic mass is 10.1. The molecule has 0 aromatic carbocycles. The Morgan fingerprint density at radius 3 is 2.10 bits per heavy atom. The maximum Gasteiger partial charge on any atom is 0.265 e. The average Bonchev–Trinajstić information content (AvgIpc) is 2.41. The topological polar surface area (TPSA) is 26.0 Å². The summed E-state index contributed by atoms with van der Waals surface area (Å²) in [6, 6.07) is -0.846. The molecule has 0 radical (unpaired) electrons. The molecule has 2 aliphatic carbocycles. The quantitative estimate of drug-likeness (QED) is 0.583. The van der Waals surface area contributed by atoms with Gasteiger partial charge in [0.2, 0.25) is 0 Å². The molecule has 0 aromatic rings. The number of alkyl halides is 2. The second-order valence-electron chi connectivity index (χ2n) is 3.12. The summed E-state index contributed by atoms with van der Waals surface area (Å²) < 4.78 is 25.3. The first-order valence-corrected chi connectivity index (χ1v) is 3.25. The Labute approximate surface area is 64.4 Å². The van der Waals surface area contributed by atoms with Gasteiger partial charge in [-0.15, -0.1) is 12.4 Å². The molecule has 2 rings (SSSR count). The van der Waals surface area contributed by atoms with Crippen LogP contribution >= 0.6 is 12.4 Å². The van der Waals surface area contributed by atoms with Crippen molar-refractivity contribution in [1.82, 2.24) is 0 Å². The minimum absolute atomic E-state index is 0. The summed E-state index contributed by atoms with van der Waals surface area (Å²) >= 11 is 0. The van der Waals surface area contributed by atoms with E-state index in [9.17, 15) is 8.78 Å². The lowest BCUT2D eigenvalue weighted by Crippen LogP contribution is -2.38. The highest BCUT2D eigenvalue weighted by Crippen LogP contribution is 2.59. The van der Waals surface area contributed by atoms with E-state index in [-0.39, 0.29) is 24.2 Å². The van der Waals surface area contributed by atoms with Gasteiger partial charge in [-0.1, -0.05) is 0 Å². The maximum atomic E-state index is 12.6. The largest absolute Gasteiger partial charge is 0.323 e. The Balaban J connectivity index is 0.000000500. The highest BCUT2D eigenvalue weighted by molar-refractivity contribution is 5.85. The van der Waals surface area contributed by atoms with Crippen molar-refractivity contribution < 1.29 is 8.78 Å². The van der Waals surface area contributed by atoms with Crippen LogP contribution in [0.5, 0.6) is 0 Å². The van der Waals surface area contributed by atoms with Crippen LogP contribution in [-0.4, -0.2) is 12.0 Å². The molecule has 2 fully saturated rings. The number of hydrogen-bond donors (Lipinski definition) is 1. The summed E-state index contributed by atoms with van der Waals surface area (Å²) in [6.07, 6.45) is 1.25. The van der Waals surface area contributed by atoms with Crippen molar-refractivity contribution >= 4 is 12.4 Å². The van der Waals surface area contributed by atoms with Crippen LogP contribution in [0.25, 0.3) is 0 Å². The van der Waals surface area contributed by atoms with Gasteiger partial charge in [0.25, 0.3) is 5.92 Å². The SMILES string of the molecule is Cl.NC1CC2CC2C1(F)F. The summed E-state index contributed by atoms with van der Waals surface area (Å²) in [5, 5.41) is 0. The number of nitrogens with two attached hydrogens (primary N) is 1. The van der Waals surface area contributed by atoms with Crippen molar-refractivity contribution in [3.05, 3.63) is 0 Å². The molecule has 0 aromatic heterocycles. The predicted molar refractivity (Wildman–Crippen MR) is 36.4 cm³/mol. The normalized spacial score (nSPS) is 47.7. The third kappa shape index (κ3) is 0.839. The van der Waals surface area contributed by atoms with Crippen LogP contribution in [0.1, 0.15) is 12.8 Å². The van der Waals surface area contributed by atoms with Crippen LogP contribution in [0, 0.1) is 11.8 Å². The molecule has 2 N–H and O–H groups in total. The molecule has 1 nitrogen and oxygen atoms in total. The van der Waals surface area contributed by atoms with Gasteiger partial charge in [-0.2, -0.15) is 0 Å². The van der Waals surface area contributed by atoms with Crippen LogP contribution in [0.4, 0.5) is 8.78 Å². The van der Waals surface area contributed by atoms with Gasteiger partial charge in [0, 0.05) is 5.92 Å². The molecule has 0 bridgehead atoms. The van der Waals surface area contributed by atoms with Gasteiger partial charge in [-0.05, 0) is 18.8 Å². The molecule has 0 amide bonds. The van der Waals surface area contributed by atoms with Crippen molar-refractivity contribution in [2.45, 2.75) is 24.8 Å². The molecule has 3 atom stereocenters. The van der Waals surface area contributed by atoms with Crippen LogP contribution in [0.15, 0.2) is 0 Å². The van der Waals surface area contributed by atoms with Gasteiger partial charge in [-0.3, -0.25) is 0 Å². The molecule has 0 aliphatic heterocycles. The highest BCUT2D eigenvalue weighted by atomic mass is 35.5. The molecular formula is C6H10ClF2N. The molecule has 10 heavy (non-hydrogen) atoms. The van der Waals surface area contributed by atoms with Crippen molar-refractivity contribution in [2.75, 3.05) is 0 Å². The second-order valence-corrected chi connectivity index (χ2v) is 3.12. The molecule has 2 saturated carbocycles. The third-order valence-electron chi connectivity index (χ3n) is 2.47. The Bertz CT molecular complexity index is 147. The lowest BCUT2D eigenvalue weighted by molar-refractivity contribution is -0.0298. The summed E-state index contributed by atoms with van der Waals surface area (Å²) in [5.41, 5.74) is 5.18. The predicted octanol–water partition coefficient (Wildman–Crippen LogP) is 1.41. The second kappa shape index (κ2) is 2.05. The van der Waals surface area contributed by atoms with E-state index in [0.29, 0.717) is 12.8 Å². The van der Waals surface area contributed by atoms with E-state index in [4.69, 9.17) is 5.73 Å². The zero-order valence-electron chi connectivity index (χ0n) is 5.39. The zero-order chi connectivity index (χ0) is 6.65. The summed E-state index contributed by atoms with van der Waals surface area (Å²) in [5.74, 6) is -2.63. The van der Waals surface area contributed by atoms with Crippen LogP contribution in [0.3, 0.4) is 0 Å². The first kappa shape index (κ1) is 8.21. The van der Waals surface area contributed by atoms with E-state index in [1.54, 1.807) is 0 Å². The van der Waals surface area contributed by atoms with Crippen LogP contribution in [0.2, 0.25) is 0 Å². The van der Waals surface area contributed by atoms with Gasteiger partial charge in [0.1, 0.15) is 0 Å². The number of fused-ring (bicyclic) bond motifs is 1. The van der Waals surface area contributed by atoms with Crippen LogP contribution < -0.4 is 5.73 Å². The molecule has 0 heterocycles. The van der Waals surface area contributed by atoms with Crippen molar-refractivity contribution in [2.24, 2.45) is 17.6 Å². The molecular weight excluding hydrogens is 160 g/mol. The monoisotopic (exact) mass is 169 g/mol. The summed E-state index contributed by atoms with van der Waals surface area (Å²) in [4.78, 5) is 0. The Morgan fingerprint density at radius 2 is 1.90 bits per heavy atom. The van der Waals surface area contributed by atoms with E-state index >= 15 is 0 Å². The van der Waals surface area contributed by atoms with Crippen LogP contribution in [-0.2, 0) is 0 Å². The molecule has 3 unspecified atom stereocenters. The molecule has 60 valence electrons. The molecule has 2 aliphatic rings. The van der Waals surface area contributed by atoms with Gasteiger partial charge < -0.3 is 5.73 Å². The third-order valence-corrected chi connectivity index (χ3v) is 2.47. The lowest BCUT2D eigenvalue weighted by Gasteiger charge is -2.16. The fraction of sp³-hybridized carbons (Fsp3) is 1.00. The van der Waals surface area contributed by atoms with E-state index in [2.05, 4.69) is 0 Å². The van der Waals surface area contributed by atoms with Crippen molar-refractivity contribution in [3.8, 4) is 0 Å². The number of hydrogen-bond acceptors (Lipinski definition) is 1. The summed E-state index contributed by atoms with van der Waals surface area (Å²) in [7, 11) is 0. The van der Waals surface area contributed by atoms with E-state index in [1.165, 1.54) is 0 Å². The van der Waals surface area contributed by atoms with E-state index in [1.807, 2.05) is 0 Å². The van der Waals surface area contributed by atoms with E-state index in [0.717, 1.165) is 0 Å². The van der Waals surface area contributed by atoms with Crippen molar-refractivity contribution in [3.63, 3.8) is 0 Å². The Morgan fingerprint density at radius 1 is 1.30 bits per heavy atom. The van der Waals surface area contributed by atoms with Gasteiger partial charge in [0.15, 0.2) is 0 Å². The standard InChI is InChI=1S/C6H9F2N.ClH/c7-6(8)4-1-3(4)2-5(6)9;/h3-5H,1-2,9H2;1H. The average molecular weight is 170 g/mol. The first-order chi connectivity index (χ1) is 4.12. The fourth-order valence-electron chi connectivity index (χ4n) is 1.74. The highest BCUT2D eigenvalue weighted by Gasteiger charge is 2.64. The van der Waals surface area contributed by atoms with Gasteiger partial charge in [-0.25, -0.2) is 8.78 Å². The Kier molecular flexibility index (Phi) is 1.68. The maximum absolute atomic E-state index is 12.6. The zero-order valence-corrected chi connectivity index (χ0v) is 6.20. The van der Waals surface area contributed by atoms with Gasteiger partial charge in [0.05, 0.1) is 6.04 Å². The number of halogens is 3. The molecule has 0 saturated heterocycles. The minimum Gasteiger partial charge on any atom is -0.323 e. The summed E-state index contributed by atoms with van der Waals surface area (Å²) in [6.45, 7) is 0. The van der Waals surface area contributed by atoms with Crippen molar-refractivity contribution in [1.29, 1.82) is 0 Å². The Hall–Kier alpha value is 0.110. The van der Waals surface area contributed by atoms with E-state index < -0.39 is 12.0 Å². The molecule has 0 spiro atoms. The fourth-order valence-corrected chi connectivity index (χ4v) is 1.74. The van der Waals surface area contributed by atoms with Gasteiger partial charge >= 0.3 is 0 Å². The first-order valence-electron chi connectivity index (χ1n) is 3.25. The smallest absolute Gasteiger partial charge is 0.265 e. The molecule has 4 heteroatoms. The number of rotatable bonds is 0.